The van der Waals surface area contributed by atoms with Crippen molar-refractivity contribution < 1.29 is 28.4 Å². The van der Waals surface area contributed by atoms with Gasteiger partial charge in [-0.15, -0.1) is 12.4 Å². The number of nitrogens with zero attached hydrogens (tertiary/aromatic N) is 1. The van der Waals surface area contributed by atoms with Gasteiger partial charge in [-0.3, -0.25) is 10.1 Å². The number of carbonyl (C=O) groups is 2. The summed E-state index contributed by atoms with van der Waals surface area (Å²) in [5.74, 6) is -0.0444. The molecule has 0 saturated heterocycles. The summed E-state index contributed by atoms with van der Waals surface area (Å²) in [6.45, 7) is 1.51. The first-order valence-electron chi connectivity index (χ1n) is 10.1. The minimum atomic E-state index is -0.582. The predicted molar refractivity (Wildman–Crippen MR) is 132 cm³/mol. The number of nitrogens with one attached hydrogen (secondary N) is 2. The van der Waals surface area contributed by atoms with Gasteiger partial charge in [0.1, 0.15) is 11.5 Å². The fraction of sp³-hybridized carbons (Fsp3) is 0.217. The molecule has 0 aliphatic heterocycles. The maximum Gasteiger partial charge on any atom is 0.337 e. The number of benzene rings is 2. The molecule has 0 bridgehead atoms. The quantitative estimate of drug-likeness (QED) is 0.168. The summed E-state index contributed by atoms with van der Waals surface area (Å²) in [5.41, 5.74) is 1.46. The van der Waals surface area contributed by atoms with Gasteiger partial charge in [-0.05, 0) is 36.4 Å². The Morgan fingerprint density at radius 1 is 1.00 bits per heavy atom. The molecule has 0 unspecified atom stereocenters. The van der Waals surface area contributed by atoms with Gasteiger partial charge in [-0.1, -0.05) is 11.6 Å². The number of hydrogen-bond acceptors (Lipinski definition) is 9. The molecular weight excluding hydrogens is 501 g/mol. The van der Waals surface area contributed by atoms with Crippen molar-refractivity contribution >= 4 is 47.3 Å². The Morgan fingerprint density at radius 2 is 1.66 bits per heavy atom. The number of hydrogen-bond donors (Lipinski definition) is 2. The van der Waals surface area contributed by atoms with Crippen LogP contribution in [0.25, 0.3) is 11.3 Å². The maximum absolute atomic E-state index is 12.0. The molecule has 0 saturated carbocycles. The Kier molecular flexibility index (Phi) is 10.1. The second-order valence-corrected chi connectivity index (χ2v) is 7.48. The molecule has 0 spiro atoms. The first kappa shape index (κ1) is 27.6. The molecule has 0 fully saturated rings. The number of nitro benzene ring substituents is 1. The molecule has 0 amide bonds. The van der Waals surface area contributed by atoms with E-state index < -0.39 is 16.9 Å². The van der Waals surface area contributed by atoms with E-state index in [1.54, 1.807) is 30.3 Å². The number of anilines is 1. The van der Waals surface area contributed by atoms with Crippen LogP contribution < -0.4 is 10.6 Å². The maximum atomic E-state index is 12.0. The summed E-state index contributed by atoms with van der Waals surface area (Å²) in [5, 5.41) is 17.4. The van der Waals surface area contributed by atoms with Crippen molar-refractivity contribution in [1.29, 1.82) is 0 Å². The van der Waals surface area contributed by atoms with Crippen LogP contribution in [-0.2, 0) is 16.0 Å². The number of ether oxygens (including phenoxy) is 2. The van der Waals surface area contributed by atoms with E-state index in [9.17, 15) is 19.7 Å². The van der Waals surface area contributed by atoms with Crippen molar-refractivity contribution in [1.82, 2.24) is 5.32 Å². The molecule has 0 aliphatic carbocycles. The molecule has 2 aromatic carbocycles. The highest BCUT2D eigenvalue weighted by Crippen LogP contribution is 2.27. The summed E-state index contributed by atoms with van der Waals surface area (Å²) >= 11 is 6.06. The molecule has 0 atom stereocenters. The van der Waals surface area contributed by atoms with E-state index in [-0.39, 0.29) is 34.2 Å². The third-order valence-corrected chi connectivity index (χ3v) is 5.11. The van der Waals surface area contributed by atoms with Crippen molar-refractivity contribution in [2.24, 2.45) is 0 Å². The minimum absolute atomic E-state index is 0. The third-order valence-electron chi connectivity index (χ3n) is 4.80. The van der Waals surface area contributed by atoms with Crippen LogP contribution >= 0.6 is 24.0 Å². The van der Waals surface area contributed by atoms with E-state index >= 15 is 0 Å². The number of nitro groups is 1. The average Bonchev–Trinajstić information content (AvgIpc) is 3.32. The van der Waals surface area contributed by atoms with Crippen molar-refractivity contribution in [2.75, 3.05) is 32.6 Å². The van der Waals surface area contributed by atoms with Gasteiger partial charge in [0.25, 0.3) is 5.69 Å². The highest BCUT2D eigenvalue weighted by Gasteiger charge is 2.16. The largest absolute Gasteiger partial charge is 0.465 e. The number of rotatable bonds is 10. The molecule has 35 heavy (non-hydrogen) atoms. The highest BCUT2D eigenvalue weighted by atomic mass is 35.5. The van der Waals surface area contributed by atoms with E-state index in [0.717, 1.165) is 0 Å². The number of carbonyl (C=O) groups excluding carboxylic acids is 2. The van der Waals surface area contributed by atoms with Crippen molar-refractivity contribution in [3.05, 3.63) is 80.6 Å². The molecule has 0 radical (unpaired) electrons. The Labute approximate surface area is 212 Å². The normalized spacial score (nSPS) is 10.3. The lowest BCUT2D eigenvalue weighted by atomic mass is 10.0. The third kappa shape index (κ3) is 7.19. The predicted octanol–water partition coefficient (Wildman–Crippen LogP) is 4.70. The van der Waals surface area contributed by atoms with Crippen LogP contribution in [0.15, 0.2) is 52.9 Å². The molecule has 0 aliphatic rings. The molecule has 1 heterocycles. The van der Waals surface area contributed by atoms with E-state index in [2.05, 4.69) is 10.6 Å². The molecule has 3 rings (SSSR count). The second-order valence-electron chi connectivity index (χ2n) is 7.07. The monoisotopic (exact) mass is 523 g/mol. The Hall–Kier alpha value is -3.60. The van der Waals surface area contributed by atoms with Crippen molar-refractivity contribution in [3.63, 3.8) is 0 Å². The summed E-state index contributed by atoms with van der Waals surface area (Å²) in [7, 11) is 2.52. The first-order valence-corrected chi connectivity index (χ1v) is 10.5. The lowest BCUT2D eigenvalue weighted by molar-refractivity contribution is -0.384. The average molecular weight is 524 g/mol. The number of furan rings is 1. The number of esters is 2. The Balaban J connectivity index is 0.00000432. The van der Waals surface area contributed by atoms with E-state index in [0.29, 0.717) is 42.4 Å². The smallest absolute Gasteiger partial charge is 0.337 e. The summed E-state index contributed by atoms with van der Waals surface area (Å²) in [6.07, 6.45) is 0. The zero-order valence-corrected chi connectivity index (χ0v) is 20.4. The van der Waals surface area contributed by atoms with Gasteiger partial charge < -0.3 is 24.5 Å². The number of methoxy groups -OCH3 is 2. The first-order chi connectivity index (χ1) is 16.3. The Bertz CT molecular complexity index is 1180. The Morgan fingerprint density at radius 3 is 2.23 bits per heavy atom. The second kappa shape index (κ2) is 12.7. The minimum Gasteiger partial charge on any atom is -0.465 e. The van der Waals surface area contributed by atoms with E-state index in [4.69, 9.17) is 25.5 Å². The van der Waals surface area contributed by atoms with E-state index in [1.807, 2.05) is 0 Å². The topological polar surface area (TPSA) is 133 Å². The molecule has 3 aromatic rings. The lowest BCUT2D eigenvalue weighted by Crippen LogP contribution is -2.21. The van der Waals surface area contributed by atoms with Gasteiger partial charge in [-0.2, -0.15) is 0 Å². The van der Waals surface area contributed by atoms with Gasteiger partial charge in [0, 0.05) is 30.8 Å². The van der Waals surface area contributed by atoms with Crippen LogP contribution in [0, 0.1) is 10.1 Å². The molecule has 1 aromatic heterocycles. The van der Waals surface area contributed by atoms with Crippen LogP contribution in [0.3, 0.4) is 0 Å². The van der Waals surface area contributed by atoms with Gasteiger partial charge in [0.05, 0.1) is 47.5 Å². The molecule has 2 N–H and O–H groups in total. The number of non-ortho nitro benzene ring substituents is 1. The standard InChI is InChI=1S/C23H22ClN3O7.ClH/c1-32-22(28)15-9-14(10-16(11-15)23(29)33-2)21-6-4-18(34-21)13-25-7-8-26-20-5-3-17(27(30)31)12-19(20)24;/h3-6,9-12,25-26H,7-8,13H2,1-2H3;1H. The zero-order chi connectivity index (χ0) is 24.7. The van der Waals surface area contributed by atoms with Crippen molar-refractivity contribution in [3.8, 4) is 11.3 Å². The van der Waals surface area contributed by atoms with E-state index in [1.165, 1.54) is 32.4 Å². The van der Waals surface area contributed by atoms with Crippen LogP contribution in [0.4, 0.5) is 11.4 Å². The van der Waals surface area contributed by atoms with Gasteiger partial charge in [0.15, 0.2) is 0 Å². The van der Waals surface area contributed by atoms with Gasteiger partial charge in [-0.25, -0.2) is 9.59 Å². The molecule has 186 valence electrons. The van der Waals surface area contributed by atoms with Crippen LogP contribution in [0.1, 0.15) is 26.5 Å². The summed E-state index contributed by atoms with van der Waals surface area (Å²) in [4.78, 5) is 34.2. The van der Waals surface area contributed by atoms with Crippen LogP contribution in [0.5, 0.6) is 0 Å². The van der Waals surface area contributed by atoms with Crippen molar-refractivity contribution in [2.45, 2.75) is 6.54 Å². The molecular formula is C23H23Cl2N3O7. The zero-order valence-electron chi connectivity index (χ0n) is 18.8. The molecule has 12 heteroatoms. The molecule has 10 nitrogen and oxygen atoms in total. The fourth-order valence-electron chi connectivity index (χ4n) is 3.13. The fourth-order valence-corrected chi connectivity index (χ4v) is 3.37. The summed E-state index contributed by atoms with van der Waals surface area (Å²) in [6, 6.07) is 12.3. The number of halogens is 2. The SMILES string of the molecule is COC(=O)c1cc(C(=O)OC)cc(-c2ccc(CNCCNc3ccc([N+](=O)[O-])cc3Cl)o2)c1.Cl. The van der Waals surface area contributed by atoms with Crippen LogP contribution in [0.2, 0.25) is 5.02 Å². The van der Waals surface area contributed by atoms with Crippen LogP contribution in [-0.4, -0.2) is 44.2 Å². The van der Waals surface area contributed by atoms with Gasteiger partial charge >= 0.3 is 11.9 Å². The lowest BCUT2D eigenvalue weighted by Gasteiger charge is -2.09. The summed E-state index contributed by atoms with van der Waals surface area (Å²) < 4.78 is 15.4. The highest BCUT2D eigenvalue weighted by molar-refractivity contribution is 6.33. The van der Waals surface area contributed by atoms with Gasteiger partial charge in [0.2, 0.25) is 0 Å².